The topological polar surface area (TPSA) is 46.9 Å². The van der Waals surface area contributed by atoms with Crippen LogP contribution in [0.15, 0.2) is 41.0 Å². The minimum Gasteiger partial charge on any atom is -0.497 e. The Morgan fingerprint density at radius 1 is 1.12 bits per heavy atom. The van der Waals surface area contributed by atoms with Crippen LogP contribution < -0.4 is 14.8 Å². The van der Waals surface area contributed by atoms with Crippen molar-refractivity contribution in [1.29, 1.82) is 0 Å². The van der Waals surface area contributed by atoms with Gasteiger partial charge in [-0.25, -0.2) is 0 Å². The van der Waals surface area contributed by atoms with E-state index in [1.54, 1.807) is 20.5 Å². The third-order valence-corrected chi connectivity index (χ3v) is 4.84. The zero-order valence-corrected chi connectivity index (χ0v) is 15.2. The van der Waals surface area contributed by atoms with Gasteiger partial charge in [-0.15, -0.1) is 0 Å². The van der Waals surface area contributed by atoms with Crippen LogP contribution in [0.25, 0.3) is 0 Å². The van der Waals surface area contributed by atoms with E-state index in [1.165, 1.54) is 19.3 Å². The van der Waals surface area contributed by atoms with Crippen molar-refractivity contribution in [2.75, 3.05) is 33.9 Å². The molecule has 0 radical (unpaired) electrons. The molecule has 0 bridgehead atoms. The first-order valence-corrected chi connectivity index (χ1v) is 9.01. The quantitative estimate of drug-likeness (QED) is 0.793. The summed E-state index contributed by atoms with van der Waals surface area (Å²) in [6, 6.07) is 10.2. The Labute approximate surface area is 149 Å². The summed E-state index contributed by atoms with van der Waals surface area (Å²) in [6.45, 7) is 3.84. The Balaban J connectivity index is 1.65. The van der Waals surface area contributed by atoms with Gasteiger partial charge in [-0.1, -0.05) is 6.42 Å². The number of piperidine rings is 1. The average molecular weight is 344 g/mol. The van der Waals surface area contributed by atoms with Gasteiger partial charge in [-0.2, -0.15) is 0 Å². The number of furan rings is 1. The number of likely N-dealkylation sites (tertiary alicyclic amines) is 1. The Morgan fingerprint density at radius 3 is 2.64 bits per heavy atom. The Bertz CT molecular complexity index is 636. The molecule has 0 saturated carbocycles. The van der Waals surface area contributed by atoms with E-state index < -0.39 is 0 Å². The van der Waals surface area contributed by atoms with Crippen LogP contribution in [0.5, 0.6) is 11.5 Å². The van der Waals surface area contributed by atoms with Crippen LogP contribution in [0.4, 0.5) is 0 Å². The summed E-state index contributed by atoms with van der Waals surface area (Å²) >= 11 is 0. The molecule has 2 heterocycles. The second kappa shape index (κ2) is 8.92. The summed E-state index contributed by atoms with van der Waals surface area (Å²) in [5.41, 5.74) is 1.10. The van der Waals surface area contributed by atoms with E-state index in [-0.39, 0.29) is 6.04 Å². The SMILES string of the molecule is COc1ccc(OC)c(CNCC(c2ccco2)N2CCCCC2)c1. The minimum absolute atomic E-state index is 0.270. The van der Waals surface area contributed by atoms with Gasteiger partial charge < -0.3 is 19.2 Å². The van der Waals surface area contributed by atoms with Crippen molar-refractivity contribution in [3.05, 3.63) is 47.9 Å². The second-order valence-corrected chi connectivity index (χ2v) is 6.44. The first-order chi connectivity index (χ1) is 12.3. The fourth-order valence-electron chi connectivity index (χ4n) is 3.48. The van der Waals surface area contributed by atoms with Crippen LogP contribution in [-0.2, 0) is 6.54 Å². The predicted molar refractivity (Wildman–Crippen MR) is 98.1 cm³/mol. The van der Waals surface area contributed by atoms with Gasteiger partial charge in [0.05, 0.1) is 26.5 Å². The third kappa shape index (κ3) is 4.55. The molecule has 5 nitrogen and oxygen atoms in total. The van der Waals surface area contributed by atoms with Crippen molar-refractivity contribution >= 4 is 0 Å². The minimum atomic E-state index is 0.270. The highest BCUT2D eigenvalue weighted by molar-refractivity contribution is 5.40. The number of nitrogens with one attached hydrogen (secondary N) is 1. The molecule has 1 unspecified atom stereocenters. The molecule has 1 atom stereocenters. The lowest BCUT2D eigenvalue weighted by Gasteiger charge is -2.33. The number of methoxy groups -OCH3 is 2. The van der Waals surface area contributed by atoms with Crippen molar-refractivity contribution in [2.45, 2.75) is 31.8 Å². The summed E-state index contributed by atoms with van der Waals surface area (Å²) < 4.78 is 16.5. The standard InChI is InChI=1S/C20H28N2O3/c1-23-17-8-9-19(24-2)16(13-17)14-21-15-18(20-7-6-12-25-20)22-10-4-3-5-11-22/h6-9,12-13,18,21H,3-5,10-11,14-15H2,1-2H3. The fourth-order valence-corrected chi connectivity index (χ4v) is 3.48. The number of benzene rings is 1. The van der Waals surface area contributed by atoms with Crippen LogP contribution in [-0.4, -0.2) is 38.8 Å². The molecule has 1 aromatic heterocycles. The van der Waals surface area contributed by atoms with Crippen molar-refractivity contribution in [3.8, 4) is 11.5 Å². The second-order valence-electron chi connectivity index (χ2n) is 6.44. The molecule has 0 aliphatic carbocycles. The van der Waals surface area contributed by atoms with Crippen molar-refractivity contribution in [2.24, 2.45) is 0 Å². The lowest BCUT2D eigenvalue weighted by Crippen LogP contribution is -2.38. The van der Waals surface area contributed by atoms with Crippen LogP contribution >= 0.6 is 0 Å². The summed E-state index contributed by atoms with van der Waals surface area (Å²) in [5, 5.41) is 3.58. The maximum atomic E-state index is 5.71. The van der Waals surface area contributed by atoms with Gasteiger partial charge in [-0.3, -0.25) is 4.90 Å². The maximum absolute atomic E-state index is 5.71. The van der Waals surface area contributed by atoms with Gasteiger partial charge in [0.1, 0.15) is 17.3 Å². The van der Waals surface area contributed by atoms with Crippen LogP contribution in [0.1, 0.15) is 36.6 Å². The van der Waals surface area contributed by atoms with Crippen LogP contribution in [0.2, 0.25) is 0 Å². The Morgan fingerprint density at radius 2 is 1.96 bits per heavy atom. The van der Waals surface area contributed by atoms with Crippen molar-refractivity contribution in [3.63, 3.8) is 0 Å². The molecule has 5 heteroatoms. The first kappa shape index (κ1) is 17.8. The normalized spacial score (nSPS) is 16.6. The lowest BCUT2D eigenvalue weighted by atomic mass is 10.1. The van der Waals surface area contributed by atoms with Gasteiger partial charge in [0.15, 0.2) is 0 Å². The van der Waals surface area contributed by atoms with Gasteiger partial charge >= 0.3 is 0 Å². The molecule has 0 spiro atoms. The number of nitrogens with zero attached hydrogens (tertiary/aromatic N) is 1. The van der Waals surface area contributed by atoms with Crippen LogP contribution in [0.3, 0.4) is 0 Å². The van der Waals surface area contributed by atoms with Crippen molar-refractivity contribution < 1.29 is 13.9 Å². The Hall–Kier alpha value is -1.98. The highest BCUT2D eigenvalue weighted by Crippen LogP contribution is 2.26. The van der Waals surface area contributed by atoms with Gasteiger partial charge in [-0.05, 0) is 56.3 Å². The molecule has 136 valence electrons. The zero-order chi connectivity index (χ0) is 17.5. The molecule has 1 aliphatic rings. The van der Waals surface area contributed by atoms with Crippen molar-refractivity contribution in [1.82, 2.24) is 10.2 Å². The maximum Gasteiger partial charge on any atom is 0.123 e. The van der Waals surface area contributed by atoms with E-state index in [4.69, 9.17) is 13.9 Å². The van der Waals surface area contributed by atoms with Gasteiger partial charge in [0, 0.05) is 18.7 Å². The molecule has 25 heavy (non-hydrogen) atoms. The van der Waals surface area contributed by atoms with E-state index in [2.05, 4.69) is 16.3 Å². The summed E-state index contributed by atoms with van der Waals surface area (Å²) in [4.78, 5) is 2.53. The molecule has 1 fully saturated rings. The van der Waals surface area contributed by atoms with E-state index in [0.717, 1.165) is 49.0 Å². The van der Waals surface area contributed by atoms with E-state index >= 15 is 0 Å². The summed E-state index contributed by atoms with van der Waals surface area (Å²) in [6.07, 6.45) is 5.62. The van der Waals surface area contributed by atoms with E-state index in [9.17, 15) is 0 Å². The highest BCUT2D eigenvalue weighted by Gasteiger charge is 2.24. The number of ether oxygens (including phenoxy) is 2. The summed E-state index contributed by atoms with van der Waals surface area (Å²) in [5.74, 6) is 2.75. The molecular formula is C20H28N2O3. The molecule has 1 aliphatic heterocycles. The smallest absolute Gasteiger partial charge is 0.123 e. The third-order valence-electron chi connectivity index (χ3n) is 4.84. The first-order valence-electron chi connectivity index (χ1n) is 9.01. The van der Waals surface area contributed by atoms with Gasteiger partial charge in [0.2, 0.25) is 0 Å². The van der Waals surface area contributed by atoms with E-state index in [1.807, 2.05) is 24.3 Å². The molecular weight excluding hydrogens is 316 g/mol. The molecule has 1 N–H and O–H groups in total. The zero-order valence-electron chi connectivity index (χ0n) is 15.2. The van der Waals surface area contributed by atoms with Gasteiger partial charge in [0.25, 0.3) is 0 Å². The lowest BCUT2D eigenvalue weighted by molar-refractivity contribution is 0.142. The fraction of sp³-hybridized carbons (Fsp3) is 0.500. The molecule has 3 rings (SSSR count). The number of rotatable bonds is 8. The predicted octanol–water partition coefficient (Wildman–Crippen LogP) is 3.61. The number of hydrogen-bond donors (Lipinski definition) is 1. The molecule has 1 saturated heterocycles. The monoisotopic (exact) mass is 344 g/mol. The highest BCUT2D eigenvalue weighted by atomic mass is 16.5. The summed E-state index contributed by atoms with van der Waals surface area (Å²) in [7, 11) is 3.38. The van der Waals surface area contributed by atoms with E-state index in [0.29, 0.717) is 0 Å². The Kier molecular flexibility index (Phi) is 6.36. The molecule has 0 amide bonds. The average Bonchev–Trinajstić information content (AvgIpc) is 3.20. The number of hydrogen-bond acceptors (Lipinski definition) is 5. The molecule has 1 aromatic carbocycles. The largest absolute Gasteiger partial charge is 0.497 e. The molecule has 2 aromatic rings. The van der Waals surface area contributed by atoms with Crippen LogP contribution in [0, 0.1) is 0 Å².